The van der Waals surface area contributed by atoms with Crippen molar-refractivity contribution in [3.63, 3.8) is 0 Å². The van der Waals surface area contributed by atoms with Gasteiger partial charge in [0, 0.05) is 41.1 Å². The quantitative estimate of drug-likeness (QED) is 0.359. The summed E-state index contributed by atoms with van der Waals surface area (Å²) in [6.45, 7) is 1.01. The zero-order chi connectivity index (χ0) is 25.4. The molecule has 2 N–H and O–H groups in total. The number of aromatic amines is 2. The summed E-state index contributed by atoms with van der Waals surface area (Å²) in [6.07, 6.45) is 2.59. The van der Waals surface area contributed by atoms with Gasteiger partial charge in [-0.2, -0.15) is 0 Å². The van der Waals surface area contributed by atoms with Crippen molar-refractivity contribution in [1.29, 1.82) is 0 Å². The summed E-state index contributed by atoms with van der Waals surface area (Å²) >= 11 is 0. The van der Waals surface area contributed by atoms with Gasteiger partial charge in [-0.15, -0.1) is 0 Å². The van der Waals surface area contributed by atoms with Gasteiger partial charge in [0.15, 0.2) is 0 Å². The average Bonchev–Trinajstić information content (AvgIpc) is 3.57. The molecule has 7 heteroatoms. The molecule has 1 atom stereocenters. The molecule has 1 saturated heterocycles. The number of amides is 2. The highest BCUT2D eigenvalue weighted by Gasteiger charge is 2.35. The summed E-state index contributed by atoms with van der Waals surface area (Å²) in [6, 6.07) is 25.6. The van der Waals surface area contributed by atoms with Crippen LogP contribution >= 0.6 is 0 Å². The van der Waals surface area contributed by atoms with Crippen LogP contribution < -0.4 is 4.74 Å². The van der Waals surface area contributed by atoms with Crippen molar-refractivity contribution in [3.8, 4) is 5.75 Å². The molecule has 3 heterocycles. The third kappa shape index (κ3) is 4.44. The summed E-state index contributed by atoms with van der Waals surface area (Å²) in [4.78, 5) is 37.2. The van der Waals surface area contributed by atoms with E-state index in [1.807, 2.05) is 71.8 Å². The van der Waals surface area contributed by atoms with E-state index in [1.54, 1.807) is 12.0 Å². The van der Waals surface area contributed by atoms with E-state index in [0.29, 0.717) is 25.2 Å². The molecule has 6 rings (SSSR count). The molecule has 0 spiro atoms. The third-order valence-corrected chi connectivity index (χ3v) is 7.20. The molecule has 0 aliphatic carbocycles. The number of rotatable bonds is 6. The van der Waals surface area contributed by atoms with Gasteiger partial charge in [-0.3, -0.25) is 9.59 Å². The lowest BCUT2D eigenvalue weighted by molar-refractivity contribution is -0.139. The Kier molecular flexibility index (Phi) is 5.88. The average molecular weight is 493 g/mol. The van der Waals surface area contributed by atoms with Crippen molar-refractivity contribution in [2.24, 2.45) is 0 Å². The van der Waals surface area contributed by atoms with E-state index < -0.39 is 0 Å². The largest absolute Gasteiger partial charge is 0.497 e. The Morgan fingerprint density at radius 2 is 1.86 bits per heavy atom. The number of carbonyl (C=O) groups excluding carboxylic acids is 2. The van der Waals surface area contributed by atoms with Crippen molar-refractivity contribution in [1.82, 2.24) is 19.8 Å². The fourth-order valence-electron chi connectivity index (χ4n) is 5.30. The van der Waals surface area contributed by atoms with Crippen molar-refractivity contribution in [2.45, 2.75) is 19.0 Å². The number of H-pyrrole nitrogens is 2. The van der Waals surface area contributed by atoms with Gasteiger partial charge in [0.1, 0.15) is 18.0 Å². The molecule has 0 unspecified atom stereocenters. The van der Waals surface area contributed by atoms with Crippen LogP contribution in [0.4, 0.5) is 0 Å². The van der Waals surface area contributed by atoms with Crippen LogP contribution in [-0.4, -0.2) is 57.8 Å². The normalized spacial score (nSPS) is 16.0. The van der Waals surface area contributed by atoms with Gasteiger partial charge in [-0.05, 0) is 53.9 Å². The van der Waals surface area contributed by atoms with Crippen LogP contribution in [0.25, 0.3) is 21.8 Å². The molecule has 37 heavy (non-hydrogen) atoms. The van der Waals surface area contributed by atoms with Crippen LogP contribution in [0.5, 0.6) is 5.75 Å². The number of aromatic nitrogens is 2. The number of carbonyl (C=O) groups is 2. The van der Waals surface area contributed by atoms with E-state index >= 15 is 0 Å². The lowest BCUT2D eigenvalue weighted by Gasteiger charge is -2.41. The predicted octanol–water partition coefficient (Wildman–Crippen LogP) is 4.75. The lowest BCUT2D eigenvalue weighted by atomic mass is 10.00. The highest BCUT2D eigenvalue weighted by molar-refractivity contribution is 6.00. The topological polar surface area (TPSA) is 81.4 Å². The SMILES string of the molecule is COc1ccc2[nH]c(C(=O)N3CC(=O)N(Cc4cccc5[nH]ccc45)[C@@H](Cc4ccccc4)C3)cc2c1. The third-order valence-electron chi connectivity index (χ3n) is 7.20. The fourth-order valence-corrected chi connectivity index (χ4v) is 5.30. The zero-order valence-electron chi connectivity index (χ0n) is 20.6. The number of hydrogen-bond acceptors (Lipinski definition) is 3. The Labute approximate surface area is 214 Å². The number of hydrogen-bond donors (Lipinski definition) is 2. The number of nitrogens with one attached hydrogen (secondary N) is 2. The first-order chi connectivity index (χ1) is 18.1. The van der Waals surface area contributed by atoms with Crippen molar-refractivity contribution in [2.75, 3.05) is 20.2 Å². The van der Waals surface area contributed by atoms with E-state index in [1.165, 1.54) is 0 Å². The van der Waals surface area contributed by atoms with Crippen molar-refractivity contribution >= 4 is 33.6 Å². The smallest absolute Gasteiger partial charge is 0.270 e. The van der Waals surface area contributed by atoms with Crippen LogP contribution in [0.3, 0.4) is 0 Å². The van der Waals surface area contributed by atoms with Crippen LogP contribution in [0, 0.1) is 0 Å². The molecule has 7 nitrogen and oxygen atoms in total. The van der Waals surface area contributed by atoms with Gasteiger partial charge >= 0.3 is 0 Å². The number of benzene rings is 3. The van der Waals surface area contributed by atoms with Gasteiger partial charge < -0.3 is 24.5 Å². The van der Waals surface area contributed by atoms with Gasteiger partial charge in [0.25, 0.3) is 5.91 Å². The first kappa shape index (κ1) is 22.9. The Morgan fingerprint density at radius 1 is 1.00 bits per heavy atom. The molecule has 2 amide bonds. The second-order valence-electron chi connectivity index (χ2n) is 9.54. The minimum Gasteiger partial charge on any atom is -0.497 e. The molecule has 1 aliphatic heterocycles. The number of methoxy groups -OCH3 is 1. The summed E-state index contributed by atoms with van der Waals surface area (Å²) in [5, 5.41) is 2.01. The van der Waals surface area contributed by atoms with E-state index in [2.05, 4.69) is 28.2 Å². The van der Waals surface area contributed by atoms with Gasteiger partial charge in [0.05, 0.1) is 13.2 Å². The molecule has 5 aromatic rings. The molecule has 186 valence electrons. The lowest BCUT2D eigenvalue weighted by Crippen LogP contribution is -2.58. The van der Waals surface area contributed by atoms with Gasteiger partial charge in [-0.1, -0.05) is 42.5 Å². The van der Waals surface area contributed by atoms with Crippen LogP contribution in [0.2, 0.25) is 0 Å². The van der Waals surface area contributed by atoms with Crippen molar-refractivity contribution in [3.05, 3.63) is 102 Å². The maximum Gasteiger partial charge on any atom is 0.270 e. The maximum absolute atomic E-state index is 13.6. The fraction of sp³-hybridized carbons (Fsp3) is 0.200. The summed E-state index contributed by atoms with van der Waals surface area (Å²) < 4.78 is 5.31. The second-order valence-corrected chi connectivity index (χ2v) is 9.54. The minimum atomic E-state index is -0.172. The number of nitrogens with zero attached hydrogens (tertiary/aromatic N) is 2. The Bertz CT molecular complexity index is 1590. The maximum atomic E-state index is 13.6. The van der Waals surface area contributed by atoms with E-state index in [4.69, 9.17) is 4.74 Å². The molecular formula is C30H28N4O3. The van der Waals surface area contributed by atoms with Crippen molar-refractivity contribution < 1.29 is 14.3 Å². The van der Waals surface area contributed by atoms with E-state index in [0.717, 1.165) is 38.7 Å². The molecule has 1 fully saturated rings. The molecular weight excluding hydrogens is 464 g/mol. The van der Waals surface area contributed by atoms with E-state index in [9.17, 15) is 9.59 Å². The predicted molar refractivity (Wildman–Crippen MR) is 144 cm³/mol. The molecule has 0 radical (unpaired) electrons. The Morgan fingerprint density at radius 3 is 2.70 bits per heavy atom. The van der Waals surface area contributed by atoms with Gasteiger partial charge in [0.2, 0.25) is 5.91 Å². The van der Waals surface area contributed by atoms with Crippen LogP contribution in [0.15, 0.2) is 85.1 Å². The molecule has 0 bridgehead atoms. The molecule has 3 aromatic carbocycles. The first-order valence-electron chi connectivity index (χ1n) is 12.4. The standard InChI is InChI=1S/C30H28N4O3/c1-37-24-10-11-26-22(15-24)16-28(32-26)30(36)33-18-23(14-20-6-3-2-4-7-20)34(29(35)19-33)17-21-8-5-9-27-25(21)12-13-31-27/h2-13,15-16,23,31-32H,14,17-19H2,1H3/t23-/m0/s1. The summed E-state index contributed by atoms with van der Waals surface area (Å²) in [7, 11) is 1.62. The first-order valence-corrected chi connectivity index (χ1v) is 12.4. The number of piperazine rings is 1. The molecule has 2 aromatic heterocycles. The van der Waals surface area contributed by atoms with Crippen LogP contribution in [-0.2, 0) is 17.8 Å². The van der Waals surface area contributed by atoms with Gasteiger partial charge in [-0.25, -0.2) is 0 Å². The highest BCUT2D eigenvalue weighted by Crippen LogP contribution is 2.26. The van der Waals surface area contributed by atoms with E-state index in [-0.39, 0.29) is 24.4 Å². The highest BCUT2D eigenvalue weighted by atomic mass is 16.5. The zero-order valence-corrected chi connectivity index (χ0v) is 20.6. The second kappa shape index (κ2) is 9.50. The molecule has 0 saturated carbocycles. The monoisotopic (exact) mass is 492 g/mol. The Hall–Kier alpha value is -4.52. The summed E-state index contributed by atoms with van der Waals surface area (Å²) in [5.74, 6) is 0.509. The number of ether oxygens (including phenoxy) is 1. The summed E-state index contributed by atoms with van der Waals surface area (Å²) in [5.41, 5.74) is 4.61. The van der Waals surface area contributed by atoms with Crippen LogP contribution in [0.1, 0.15) is 21.6 Å². The molecule has 1 aliphatic rings. The minimum absolute atomic E-state index is 0.0475. The Balaban J connectivity index is 1.29. The number of fused-ring (bicyclic) bond motifs is 2.